The Morgan fingerprint density at radius 2 is 1.95 bits per heavy atom. The van der Waals surface area contributed by atoms with Crippen molar-refractivity contribution in [3.63, 3.8) is 0 Å². The van der Waals surface area contributed by atoms with E-state index in [1.54, 1.807) is 11.0 Å². The van der Waals surface area contributed by atoms with Crippen LogP contribution in [0.4, 0.5) is 13.6 Å². The molecule has 1 amide bonds. The first kappa shape index (κ1) is 15.5. The molecular formula is C16H19F2NO2. The Labute approximate surface area is 123 Å². The molecule has 21 heavy (non-hydrogen) atoms. The lowest BCUT2D eigenvalue weighted by atomic mass is 9.99. The monoisotopic (exact) mass is 295 g/mol. The van der Waals surface area contributed by atoms with E-state index in [2.05, 4.69) is 0 Å². The van der Waals surface area contributed by atoms with Crippen molar-refractivity contribution >= 4 is 11.7 Å². The molecule has 0 N–H and O–H groups in total. The molecule has 0 spiro atoms. The van der Waals surface area contributed by atoms with Gasteiger partial charge in [0.1, 0.15) is 5.60 Å². The van der Waals surface area contributed by atoms with E-state index in [-0.39, 0.29) is 6.09 Å². The van der Waals surface area contributed by atoms with Crippen LogP contribution in [0.3, 0.4) is 0 Å². The number of rotatable bonds is 1. The molecule has 5 heteroatoms. The second kappa shape index (κ2) is 5.84. The number of nitrogens with zero attached hydrogens (tertiary/aromatic N) is 1. The first-order valence-electron chi connectivity index (χ1n) is 6.88. The fraction of sp³-hybridized carbons (Fsp3) is 0.438. The number of hydrogen-bond donors (Lipinski definition) is 0. The summed E-state index contributed by atoms with van der Waals surface area (Å²) in [4.78, 5) is 13.5. The zero-order valence-corrected chi connectivity index (χ0v) is 12.5. The van der Waals surface area contributed by atoms with Gasteiger partial charge in [0.25, 0.3) is 0 Å². The number of halogens is 2. The van der Waals surface area contributed by atoms with Gasteiger partial charge in [0.2, 0.25) is 0 Å². The summed E-state index contributed by atoms with van der Waals surface area (Å²) < 4.78 is 31.5. The molecule has 114 valence electrons. The summed E-state index contributed by atoms with van der Waals surface area (Å²) in [6, 6.07) is 3.85. The number of amides is 1. The zero-order chi connectivity index (χ0) is 15.6. The third-order valence-electron chi connectivity index (χ3n) is 3.15. The highest BCUT2D eigenvalue weighted by molar-refractivity contribution is 5.72. The van der Waals surface area contributed by atoms with E-state index in [4.69, 9.17) is 4.74 Å². The molecule has 0 saturated heterocycles. The van der Waals surface area contributed by atoms with E-state index in [9.17, 15) is 13.6 Å². The quantitative estimate of drug-likeness (QED) is 0.784. The van der Waals surface area contributed by atoms with Gasteiger partial charge in [-0.05, 0) is 50.5 Å². The normalized spacial score (nSPS) is 15.7. The van der Waals surface area contributed by atoms with Gasteiger partial charge >= 0.3 is 6.09 Å². The van der Waals surface area contributed by atoms with Crippen molar-refractivity contribution in [2.45, 2.75) is 32.8 Å². The molecule has 1 aromatic carbocycles. The average molecular weight is 295 g/mol. The molecule has 0 bridgehead atoms. The molecule has 0 aromatic heterocycles. The van der Waals surface area contributed by atoms with E-state index in [1.807, 2.05) is 26.8 Å². The zero-order valence-electron chi connectivity index (χ0n) is 12.5. The summed E-state index contributed by atoms with van der Waals surface area (Å²) in [5.74, 6) is -1.71. The van der Waals surface area contributed by atoms with E-state index in [0.717, 1.165) is 11.6 Å². The van der Waals surface area contributed by atoms with Crippen LogP contribution < -0.4 is 0 Å². The predicted octanol–water partition coefficient (Wildman–Crippen LogP) is 3.99. The van der Waals surface area contributed by atoms with Crippen molar-refractivity contribution in [2.24, 2.45) is 0 Å². The highest BCUT2D eigenvalue weighted by atomic mass is 19.2. The SMILES string of the molecule is CC(C)(C)OC(=O)N1CC=C(c2ccc(F)c(F)c2)CC1. The molecule has 1 heterocycles. The van der Waals surface area contributed by atoms with Crippen LogP contribution in [0, 0.1) is 11.6 Å². The highest BCUT2D eigenvalue weighted by Gasteiger charge is 2.24. The van der Waals surface area contributed by atoms with Gasteiger partial charge in [-0.1, -0.05) is 12.1 Å². The largest absolute Gasteiger partial charge is 0.444 e. The Bertz CT molecular complexity index is 576. The van der Waals surface area contributed by atoms with Gasteiger partial charge in [-0.3, -0.25) is 0 Å². The predicted molar refractivity (Wildman–Crippen MR) is 76.8 cm³/mol. The first-order valence-corrected chi connectivity index (χ1v) is 6.88. The van der Waals surface area contributed by atoms with Crippen molar-refractivity contribution in [2.75, 3.05) is 13.1 Å². The van der Waals surface area contributed by atoms with Crippen molar-refractivity contribution in [3.05, 3.63) is 41.5 Å². The molecule has 0 aliphatic carbocycles. The van der Waals surface area contributed by atoms with E-state index < -0.39 is 17.2 Å². The number of benzene rings is 1. The van der Waals surface area contributed by atoms with E-state index in [1.165, 1.54) is 6.07 Å². The van der Waals surface area contributed by atoms with Gasteiger partial charge in [0.15, 0.2) is 11.6 Å². The number of ether oxygens (including phenoxy) is 1. The Hall–Kier alpha value is -1.91. The number of carbonyl (C=O) groups is 1. The molecule has 1 aliphatic rings. The molecule has 1 aromatic rings. The Morgan fingerprint density at radius 3 is 2.48 bits per heavy atom. The van der Waals surface area contributed by atoms with Crippen molar-refractivity contribution < 1.29 is 18.3 Å². The van der Waals surface area contributed by atoms with Gasteiger partial charge < -0.3 is 9.64 Å². The van der Waals surface area contributed by atoms with Crippen LogP contribution in [0.2, 0.25) is 0 Å². The number of hydrogen-bond acceptors (Lipinski definition) is 2. The molecule has 3 nitrogen and oxygen atoms in total. The van der Waals surface area contributed by atoms with Crippen LogP contribution in [0.15, 0.2) is 24.3 Å². The minimum absolute atomic E-state index is 0.358. The Balaban J connectivity index is 2.05. The molecule has 0 saturated carbocycles. The van der Waals surface area contributed by atoms with Crippen LogP contribution in [-0.2, 0) is 4.74 Å². The van der Waals surface area contributed by atoms with Gasteiger partial charge in [-0.2, -0.15) is 0 Å². The van der Waals surface area contributed by atoms with E-state index >= 15 is 0 Å². The lowest BCUT2D eigenvalue weighted by Crippen LogP contribution is -2.39. The summed E-state index contributed by atoms with van der Waals surface area (Å²) in [6.45, 7) is 6.36. The molecule has 0 fully saturated rings. The molecule has 0 unspecified atom stereocenters. The van der Waals surface area contributed by atoms with Crippen LogP contribution >= 0.6 is 0 Å². The van der Waals surface area contributed by atoms with E-state index in [0.29, 0.717) is 25.1 Å². The topological polar surface area (TPSA) is 29.5 Å². The third kappa shape index (κ3) is 4.03. The van der Waals surface area contributed by atoms with Crippen molar-refractivity contribution in [1.82, 2.24) is 4.90 Å². The van der Waals surface area contributed by atoms with Crippen LogP contribution in [-0.4, -0.2) is 29.7 Å². The smallest absolute Gasteiger partial charge is 0.410 e. The summed E-state index contributed by atoms with van der Waals surface area (Å²) in [7, 11) is 0. The maximum atomic E-state index is 13.2. The van der Waals surface area contributed by atoms with Gasteiger partial charge in [-0.15, -0.1) is 0 Å². The van der Waals surface area contributed by atoms with Crippen LogP contribution in [0.1, 0.15) is 32.8 Å². The molecule has 0 atom stereocenters. The average Bonchev–Trinajstić information content (AvgIpc) is 2.40. The minimum Gasteiger partial charge on any atom is -0.444 e. The second-order valence-electron chi connectivity index (χ2n) is 6.03. The molecule has 1 aliphatic heterocycles. The maximum Gasteiger partial charge on any atom is 0.410 e. The third-order valence-corrected chi connectivity index (χ3v) is 3.15. The maximum absolute atomic E-state index is 13.2. The second-order valence-corrected chi connectivity index (χ2v) is 6.03. The van der Waals surface area contributed by atoms with Crippen molar-refractivity contribution in [3.8, 4) is 0 Å². The fourth-order valence-electron chi connectivity index (χ4n) is 2.12. The fourth-order valence-corrected chi connectivity index (χ4v) is 2.12. The van der Waals surface area contributed by atoms with Gasteiger partial charge in [-0.25, -0.2) is 13.6 Å². The highest BCUT2D eigenvalue weighted by Crippen LogP contribution is 2.24. The Morgan fingerprint density at radius 1 is 1.24 bits per heavy atom. The van der Waals surface area contributed by atoms with Gasteiger partial charge in [0, 0.05) is 13.1 Å². The summed E-state index contributed by atoms with van der Waals surface area (Å²) >= 11 is 0. The summed E-state index contributed by atoms with van der Waals surface area (Å²) in [5.41, 5.74) is 1.03. The number of carbonyl (C=O) groups excluding carboxylic acids is 1. The van der Waals surface area contributed by atoms with Crippen LogP contribution in [0.25, 0.3) is 5.57 Å². The summed E-state index contributed by atoms with van der Waals surface area (Å²) in [6.07, 6.45) is 2.08. The minimum atomic E-state index is -0.858. The standard InChI is InChI=1S/C16H19F2NO2/c1-16(2,3)21-15(20)19-8-6-11(7-9-19)12-4-5-13(17)14(18)10-12/h4-6,10H,7-9H2,1-3H3. The summed E-state index contributed by atoms with van der Waals surface area (Å²) in [5, 5.41) is 0. The molecular weight excluding hydrogens is 276 g/mol. The first-order chi connectivity index (χ1) is 9.76. The lowest BCUT2D eigenvalue weighted by molar-refractivity contribution is 0.0270. The molecule has 0 radical (unpaired) electrons. The Kier molecular flexibility index (Phi) is 4.30. The van der Waals surface area contributed by atoms with Gasteiger partial charge in [0.05, 0.1) is 0 Å². The van der Waals surface area contributed by atoms with Crippen LogP contribution in [0.5, 0.6) is 0 Å². The lowest BCUT2D eigenvalue weighted by Gasteiger charge is -2.29. The van der Waals surface area contributed by atoms with Crippen molar-refractivity contribution in [1.29, 1.82) is 0 Å². The molecule has 2 rings (SSSR count).